The van der Waals surface area contributed by atoms with Crippen LogP contribution >= 0.6 is 11.6 Å². The van der Waals surface area contributed by atoms with Gasteiger partial charge < -0.3 is 0 Å². The maximum Gasteiger partial charge on any atom is 0.0656 e. The van der Waals surface area contributed by atoms with E-state index in [9.17, 15) is 0 Å². The van der Waals surface area contributed by atoms with Crippen LogP contribution in [0.3, 0.4) is 0 Å². The van der Waals surface area contributed by atoms with E-state index in [0.29, 0.717) is 11.8 Å². The summed E-state index contributed by atoms with van der Waals surface area (Å²) in [7, 11) is 0. The number of hydrogen-bond donors (Lipinski definition) is 0. The summed E-state index contributed by atoms with van der Waals surface area (Å²) >= 11 is 6.83. The molecule has 0 spiro atoms. The van der Waals surface area contributed by atoms with Crippen LogP contribution < -0.4 is 0 Å². The van der Waals surface area contributed by atoms with Crippen LogP contribution in [0.2, 0.25) is 0 Å². The first kappa shape index (κ1) is 15.1. The van der Waals surface area contributed by atoms with E-state index in [-0.39, 0.29) is 5.38 Å². The average Bonchev–Trinajstić information content (AvgIpc) is 2.49. The van der Waals surface area contributed by atoms with E-state index in [1.807, 2.05) is 0 Å². The van der Waals surface area contributed by atoms with Crippen molar-refractivity contribution in [1.29, 1.82) is 0 Å². The summed E-state index contributed by atoms with van der Waals surface area (Å²) in [6.45, 7) is 6.64. The summed E-state index contributed by atoms with van der Waals surface area (Å²) in [6.07, 6.45) is 1.13. The largest absolute Gasteiger partial charge is 0.117 e. The minimum atomic E-state index is 0.0212. The molecule has 3 atom stereocenters. The fourth-order valence-corrected chi connectivity index (χ4v) is 3.21. The summed E-state index contributed by atoms with van der Waals surface area (Å²) in [6, 6.07) is 19.3. The Morgan fingerprint density at radius 1 is 0.900 bits per heavy atom. The minimum absolute atomic E-state index is 0.0212. The average molecular weight is 287 g/mol. The summed E-state index contributed by atoms with van der Waals surface area (Å²) in [5.74, 6) is 0.909. The second-order valence-electron chi connectivity index (χ2n) is 5.63. The Morgan fingerprint density at radius 3 is 2.05 bits per heavy atom. The molecule has 0 aliphatic rings. The van der Waals surface area contributed by atoms with Gasteiger partial charge in [-0.05, 0) is 24.0 Å². The second kappa shape index (κ2) is 6.95. The predicted molar refractivity (Wildman–Crippen MR) is 88.4 cm³/mol. The van der Waals surface area contributed by atoms with Gasteiger partial charge in [-0.3, -0.25) is 0 Å². The monoisotopic (exact) mass is 286 g/mol. The molecule has 0 nitrogen and oxygen atoms in total. The van der Waals surface area contributed by atoms with Crippen LogP contribution in [0.15, 0.2) is 54.6 Å². The molecule has 106 valence electrons. The molecule has 3 unspecified atom stereocenters. The number of aryl methyl sites for hydroxylation is 1. The van der Waals surface area contributed by atoms with Crippen molar-refractivity contribution in [2.75, 3.05) is 0 Å². The first-order chi connectivity index (χ1) is 9.63. The molecule has 0 aliphatic heterocycles. The molecule has 20 heavy (non-hydrogen) atoms. The zero-order valence-electron chi connectivity index (χ0n) is 12.5. The number of halogens is 1. The highest BCUT2D eigenvalue weighted by Crippen LogP contribution is 2.42. The van der Waals surface area contributed by atoms with E-state index >= 15 is 0 Å². The van der Waals surface area contributed by atoms with Gasteiger partial charge in [0.15, 0.2) is 0 Å². The SMILES string of the molecule is CCC(C)C(c1ccccc1)C(Cl)c1ccc(C)cc1. The maximum absolute atomic E-state index is 6.83. The molecule has 2 aromatic carbocycles. The van der Waals surface area contributed by atoms with Crippen molar-refractivity contribution in [2.24, 2.45) is 5.92 Å². The fraction of sp³-hybridized carbons (Fsp3) is 0.368. The van der Waals surface area contributed by atoms with Gasteiger partial charge in [0.1, 0.15) is 0 Å². The Hall–Kier alpha value is -1.27. The zero-order chi connectivity index (χ0) is 14.5. The third-order valence-electron chi connectivity index (χ3n) is 4.15. The highest BCUT2D eigenvalue weighted by Gasteiger charge is 2.27. The molecule has 2 rings (SSSR count). The lowest BCUT2D eigenvalue weighted by Crippen LogP contribution is -2.15. The van der Waals surface area contributed by atoms with Crippen molar-refractivity contribution >= 4 is 11.6 Å². The van der Waals surface area contributed by atoms with Gasteiger partial charge in [0.25, 0.3) is 0 Å². The lowest BCUT2D eigenvalue weighted by molar-refractivity contribution is 0.434. The number of alkyl halides is 1. The van der Waals surface area contributed by atoms with E-state index in [1.165, 1.54) is 16.7 Å². The van der Waals surface area contributed by atoms with Crippen LogP contribution in [-0.2, 0) is 0 Å². The van der Waals surface area contributed by atoms with E-state index in [1.54, 1.807) is 0 Å². The Bertz CT molecular complexity index is 515. The lowest BCUT2D eigenvalue weighted by atomic mass is 9.81. The van der Waals surface area contributed by atoms with E-state index in [2.05, 4.69) is 75.4 Å². The Labute approximate surface area is 127 Å². The minimum Gasteiger partial charge on any atom is -0.117 e. The molecule has 0 N–H and O–H groups in total. The summed E-state index contributed by atoms with van der Waals surface area (Å²) in [5, 5.41) is 0.0212. The summed E-state index contributed by atoms with van der Waals surface area (Å²) < 4.78 is 0. The van der Waals surface area contributed by atoms with Gasteiger partial charge in [0.05, 0.1) is 5.38 Å². The summed E-state index contributed by atoms with van der Waals surface area (Å²) in [4.78, 5) is 0. The Kier molecular flexibility index (Phi) is 5.25. The van der Waals surface area contributed by atoms with Gasteiger partial charge in [-0.2, -0.15) is 0 Å². The highest BCUT2D eigenvalue weighted by atomic mass is 35.5. The molecular formula is C19H23Cl. The Morgan fingerprint density at radius 2 is 1.50 bits per heavy atom. The van der Waals surface area contributed by atoms with Crippen molar-refractivity contribution in [3.8, 4) is 0 Å². The molecule has 0 radical (unpaired) electrons. The van der Waals surface area contributed by atoms with Gasteiger partial charge in [0.2, 0.25) is 0 Å². The van der Waals surface area contributed by atoms with Crippen LogP contribution in [0.4, 0.5) is 0 Å². The zero-order valence-corrected chi connectivity index (χ0v) is 13.3. The molecule has 1 heteroatoms. The van der Waals surface area contributed by atoms with Crippen LogP contribution in [0.1, 0.15) is 48.3 Å². The topological polar surface area (TPSA) is 0 Å². The van der Waals surface area contributed by atoms with E-state index < -0.39 is 0 Å². The lowest BCUT2D eigenvalue weighted by Gasteiger charge is -2.28. The van der Waals surface area contributed by atoms with Gasteiger partial charge >= 0.3 is 0 Å². The molecule has 0 bridgehead atoms. The number of rotatable bonds is 5. The Balaban J connectivity index is 2.34. The molecular weight excluding hydrogens is 264 g/mol. The molecule has 0 heterocycles. The molecule has 0 fully saturated rings. The molecule has 0 saturated carbocycles. The first-order valence-corrected chi connectivity index (χ1v) is 7.82. The van der Waals surface area contributed by atoms with Crippen molar-refractivity contribution in [2.45, 2.75) is 38.5 Å². The smallest absolute Gasteiger partial charge is 0.0656 e. The third kappa shape index (κ3) is 3.43. The molecule has 0 aliphatic carbocycles. The molecule has 2 aromatic rings. The third-order valence-corrected chi connectivity index (χ3v) is 4.68. The van der Waals surface area contributed by atoms with E-state index in [0.717, 1.165) is 6.42 Å². The standard InChI is InChI=1S/C19H23Cl/c1-4-15(3)18(16-8-6-5-7-9-16)19(20)17-12-10-14(2)11-13-17/h5-13,15,18-19H,4H2,1-3H3. The first-order valence-electron chi connectivity index (χ1n) is 7.39. The van der Waals surface area contributed by atoms with Gasteiger partial charge in [0, 0.05) is 5.92 Å². The van der Waals surface area contributed by atoms with E-state index in [4.69, 9.17) is 11.6 Å². The van der Waals surface area contributed by atoms with Crippen molar-refractivity contribution in [3.05, 3.63) is 71.3 Å². The van der Waals surface area contributed by atoms with Crippen LogP contribution in [0.5, 0.6) is 0 Å². The quantitative estimate of drug-likeness (QED) is 0.582. The van der Waals surface area contributed by atoms with Crippen molar-refractivity contribution in [1.82, 2.24) is 0 Å². The van der Waals surface area contributed by atoms with Gasteiger partial charge in [-0.15, -0.1) is 11.6 Å². The van der Waals surface area contributed by atoms with Crippen molar-refractivity contribution in [3.63, 3.8) is 0 Å². The molecule has 0 aromatic heterocycles. The van der Waals surface area contributed by atoms with Crippen LogP contribution in [0, 0.1) is 12.8 Å². The highest BCUT2D eigenvalue weighted by molar-refractivity contribution is 6.21. The van der Waals surface area contributed by atoms with Crippen molar-refractivity contribution < 1.29 is 0 Å². The summed E-state index contributed by atoms with van der Waals surface area (Å²) in [5.41, 5.74) is 3.83. The van der Waals surface area contributed by atoms with Crippen LogP contribution in [0.25, 0.3) is 0 Å². The van der Waals surface area contributed by atoms with Crippen LogP contribution in [-0.4, -0.2) is 0 Å². The maximum atomic E-state index is 6.83. The van der Waals surface area contributed by atoms with Gasteiger partial charge in [-0.1, -0.05) is 80.4 Å². The fourth-order valence-electron chi connectivity index (χ4n) is 2.67. The number of hydrogen-bond acceptors (Lipinski definition) is 0. The number of benzene rings is 2. The molecule has 0 amide bonds. The van der Waals surface area contributed by atoms with Gasteiger partial charge in [-0.25, -0.2) is 0 Å². The predicted octanol–water partition coefficient (Wildman–Crippen LogP) is 6.10. The molecule has 0 saturated heterocycles. The second-order valence-corrected chi connectivity index (χ2v) is 6.10. The normalized spacial score (nSPS) is 15.6.